The minimum absolute atomic E-state index is 0.0204. The number of methoxy groups -OCH3 is 1. The van der Waals surface area contributed by atoms with Crippen LogP contribution in [0, 0.1) is 27.7 Å². The number of aryl methyl sites for hydroxylation is 2. The summed E-state index contributed by atoms with van der Waals surface area (Å²) in [5, 5.41) is 4.75. The van der Waals surface area contributed by atoms with Gasteiger partial charge in [0.15, 0.2) is 5.82 Å². The van der Waals surface area contributed by atoms with Crippen molar-refractivity contribution < 1.29 is 17.9 Å². The van der Waals surface area contributed by atoms with Gasteiger partial charge < -0.3 is 9.47 Å². The molecule has 9 nitrogen and oxygen atoms in total. The molecule has 0 amide bonds. The Balaban J connectivity index is 1.52. The van der Waals surface area contributed by atoms with Gasteiger partial charge in [0.1, 0.15) is 17.3 Å². The summed E-state index contributed by atoms with van der Waals surface area (Å²) in [7, 11) is -2.38. The van der Waals surface area contributed by atoms with Crippen molar-refractivity contribution in [3.8, 4) is 23.2 Å². The second-order valence-electron chi connectivity index (χ2n) is 7.85. The number of halogens is 1. The first-order valence-corrected chi connectivity index (χ1v) is 12.5. The van der Waals surface area contributed by atoms with Crippen LogP contribution < -0.4 is 14.2 Å². The van der Waals surface area contributed by atoms with Crippen molar-refractivity contribution in [2.24, 2.45) is 0 Å². The molecular formula is C24H24ClN5O4S. The summed E-state index contributed by atoms with van der Waals surface area (Å²) >= 11 is 6.07. The molecule has 0 unspecified atom stereocenters. The standard InChI is InChI=1S/C24H24ClN5O4S/c1-14-15(2)28-30(16(14)3)23-13-24(27-17(4)26-23)34-19-8-6-18(7-9-19)29-35(31,32)20-10-11-22(33-5)21(25)12-20/h6-13,29H,1-5H3. The molecule has 0 fully saturated rings. The molecule has 0 aliphatic rings. The number of ether oxygens (including phenoxy) is 2. The van der Waals surface area contributed by atoms with E-state index in [4.69, 9.17) is 21.1 Å². The highest BCUT2D eigenvalue weighted by atomic mass is 35.5. The average Bonchev–Trinajstić information content (AvgIpc) is 3.07. The lowest BCUT2D eigenvalue weighted by Crippen LogP contribution is -2.13. The van der Waals surface area contributed by atoms with Gasteiger partial charge in [-0.05, 0) is 75.7 Å². The summed E-state index contributed by atoms with van der Waals surface area (Å²) in [5.41, 5.74) is 3.37. The molecule has 182 valence electrons. The molecule has 2 heterocycles. The fourth-order valence-electron chi connectivity index (χ4n) is 3.37. The number of benzene rings is 2. The van der Waals surface area contributed by atoms with E-state index in [-0.39, 0.29) is 9.92 Å². The zero-order valence-electron chi connectivity index (χ0n) is 19.8. The summed E-state index contributed by atoms with van der Waals surface area (Å²) in [5.74, 6) is 2.35. The Kier molecular flexibility index (Phi) is 6.68. The Morgan fingerprint density at radius 1 is 0.971 bits per heavy atom. The first kappa shape index (κ1) is 24.5. The molecule has 0 saturated heterocycles. The highest BCUT2D eigenvalue weighted by Gasteiger charge is 2.17. The zero-order valence-corrected chi connectivity index (χ0v) is 21.4. The molecular weight excluding hydrogens is 490 g/mol. The van der Waals surface area contributed by atoms with E-state index in [0.29, 0.717) is 34.7 Å². The molecule has 11 heteroatoms. The maximum Gasteiger partial charge on any atom is 0.261 e. The van der Waals surface area contributed by atoms with Crippen LogP contribution in [0.1, 0.15) is 22.8 Å². The van der Waals surface area contributed by atoms with Gasteiger partial charge in [-0.2, -0.15) is 10.1 Å². The average molecular weight is 514 g/mol. The number of aromatic nitrogens is 4. The van der Waals surface area contributed by atoms with Crippen LogP contribution in [-0.4, -0.2) is 35.3 Å². The molecule has 0 aliphatic heterocycles. The minimum Gasteiger partial charge on any atom is -0.495 e. The molecule has 4 aromatic rings. The fraction of sp³-hybridized carbons (Fsp3) is 0.208. The van der Waals surface area contributed by atoms with Crippen LogP contribution in [0.25, 0.3) is 5.82 Å². The van der Waals surface area contributed by atoms with Crippen molar-refractivity contribution in [2.45, 2.75) is 32.6 Å². The number of hydrogen-bond acceptors (Lipinski definition) is 7. The number of hydrogen-bond donors (Lipinski definition) is 1. The number of rotatable bonds is 7. The van der Waals surface area contributed by atoms with E-state index in [0.717, 1.165) is 17.0 Å². The van der Waals surface area contributed by atoms with E-state index in [2.05, 4.69) is 19.8 Å². The monoisotopic (exact) mass is 513 g/mol. The Bertz CT molecular complexity index is 1500. The quantitative estimate of drug-likeness (QED) is 0.364. The van der Waals surface area contributed by atoms with Gasteiger partial charge in [-0.3, -0.25) is 4.72 Å². The third kappa shape index (κ3) is 5.23. The predicted molar refractivity (Wildman–Crippen MR) is 133 cm³/mol. The van der Waals surface area contributed by atoms with Gasteiger partial charge in [0.05, 0.1) is 22.7 Å². The number of nitrogens with zero attached hydrogens (tertiary/aromatic N) is 4. The van der Waals surface area contributed by atoms with Gasteiger partial charge in [-0.15, -0.1) is 0 Å². The maximum absolute atomic E-state index is 12.7. The van der Waals surface area contributed by atoms with Gasteiger partial charge in [-0.25, -0.2) is 18.1 Å². The molecule has 0 radical (unpaired) electrons. The summed E-state index contributed by atoms with van der Waals surface area (Å²) < 4.78 is 40.7. The highest BCUT2D eigenvalue weighted by molar-refractivity contribution is 7.92. The minimum atomic E-state index is -3.84. The lowest BCUT2D eigenvalue weighted by atomic mass is 10.2. The van der Waals surface area contributed by atoms with Crippen molar-refractivity contribution in [3.63, 3.8) is 0 Å². The van der Waals surface area contributed by atoms with Gasteiger partial charge >= 0.3 is 0 Å². The van der Waals surface area contributed by atoms with Crippen LogP contribution in [0.5, 0.6) is 17.4 Å². The van der Waals surface area contributed by atoms with Crippen LogP contribution in [0.3, 0.4) is 0 Å². The predicted octanol–water partition coefficient (Wildman–Crippen LogP) is 5.15. The molecule has 2 aromatic heterocycles. The number of sulfonamides is 1. The first-order valence-electron chi connectivity index (χ1n) is 10.6. The molecule has 0 bridgehead atoms. The largest absolute Gasteiger partial charge is 0.495 e. The van der Waals surface area contributed by atoms with E-state index in [1.807, 2.05) is 20.8 Å². The normalized spacial score (nSPS) is 11.4. The Labute approximate surface area is 208 Å². The van der Waals surface area contributed by atoms with Crippen molar-refractivity contribution in [2.75, 3.05) is 11.8 Å². The second-order valence-corrected chi connectivity index (χ2v) is 9.94. The van der Waals surface area contributed by atoms with Gasteiger partial charge in [-0.1, -0.05) is 11.6 Å². The van der Waals surface area contributed by atoms with Crippen LogP contribution in [-0.2, 0) is 10.0 Å². The molecule has 35 heavy (non-hydrogen) atoms. The zero-order chi connectivity index (χ0) is 25.3. The first-order chi connectivity index (χ1) is 16.6. The molecule has 0 saturated carbocycles. The Morgan fingerprint density at radius 2 is 1.69 bits per heavy atom. The third-order valence-corrected chi connectivity index (χ3v) is 7.11. The second kappa shape index (κ2) is 9.55. The lowest BCUT2D eigenvalue weighted by Gasteiger charge is -2.11. The van der Waals surface area contributed by atoms with E-state index in [1.165, 1.54) is 25.3 Å². The van der Waals surface area contributed by atoms with Crippen LogP contribution in [0.2, 0.25) is 5.02 Å². The molecule has 0 atom stereocenters. The lowest BCUT2D eigenvalue weighted by molar-refractivity contribution is 0.414. The Hall–Kier alpha value is -3.63. The van der Waals surface area contributed by atoms with Crippen molar-refractivity contribution in [1.82, 2.24) is 19.7 Å². The van der Waals surface area contributed by atoms with Crippen LogP contribution in [0.15, 0.2) is 53.4 Å². The van der Waals surface area contributed by atoms with Gasteiger partial charge in [0.2, 0.25) is 5.88 Å². The van der Waals surface area contributed by atoms with Crippen LogP contribution in [0.4, 0.5) is 5.69 Å². The summed E-state index contributed by atoms with van der Waals surface area (Å²) in [6.45, 7) is 7.72. The van der Waals surface area contributed by atoms with Gasteiger partial charge in [0, 0.05) is 17.4 Å². The highest BCUT2D eigenvalue weighted by Crippen LogP contribution is 2.29. The van der Waals surface area contributed by atoms with E-state index >= 15 is 0 Å². The van der Waals surface area contributed by atoms with E-state index in [1.54, 1.807) is 41.9 Å². The van der Waals surface area contributed by atoms with Crippen molar-refractivity contribution in [1.29, 1.82) is 0 Å². The summed E-state index contributed by atoms with van der Waals surface area (Å²) in [4.78, 5) is 8.85. The van der Waals surface area contributed by atoms with Gasteiger partial charge in [0.25, 0.3) is 10.0 Å². The Morgan fingerprint density at radius 3 is 2.29 bits per heavy atom. The topological polar surface area (TPSA) is 108 Å². The molecule has 1 N–H and O–H groups in total. The third-order valence-electron chi connectivity index (χ3n) is 5.43. The molecule has 0 spiro atoms. The van der Waals surface area contributed by atoms with Crippen LogP contribution >= 0.6 is 11.6 Å². The van der Waals surface area contributed by atoms with Crippen molar-refractivity contribution >= 4 is 27.3 Å². The smallest absolute Gasteiger partial charge is 0.261 e. The molecule has 0 aliphatic carbocycles. The summed E-state index contributed by atoms with van der Waals surface area (Å²) in [6, 6.07) is 12.4. The SMILES string of the molecule is COc1ccc(S(=O)(=O)Nc2ccc(Oc3cc(-n4nc(C)c(C)c4C)nc(C)n3)cc2)cc1Cl. The number of anilines is 1. The van der Waals surface area contributed by atoms with E-state index in [9.17, 15) is 8.42 Å². The fourth-order valence-corrected chi connectivity index (χ4v) is 4.78. The summed E-state index contributed by atoms with van der Waals surface area (Å²) in [6.07, 6.45) is 0. The van der Waals surface area contributed by atoms with Crippen molar-refractivity contribution in [3.05, 3.63) is 76.3 Å². The molecule has 4 rings (SSSR count). The number of nitrogens with one attached hydrogen (secondary N) is 1. The van der Waals surface area contributed by atoms with E-state index < -0.39 is 10.0 Å². The molecule has 2 aromatic carbocycles. The maximum atomic E-state index is 12.7.